The van der Waals surface area contributed by atoms with Crippen LogP contribution in [-0.2, 0) is 21.1 Å². The van der Waals surface area contributed by atoms with Crippen molar-refractivity contribution in [2.24, 2.45) is 0 Å². The Morgan fingerprint density at radius 3 is 2.58 bits per heavy atom. The van der Waals surface area contributed by atoms with Crippen LogP contribution in [0.25, 0.3) is 22.8 Å². The van der Waals surface area contributed by atoms with Crippen molar-refractivity contribution in [2.75, 3.05) is 49.8 Å². The summed E-state index contributed by atoms with van der Waals surface area (Å²) in [5.74, 6) is 1.86. The van der Waals surface area contributed by atoms with Gasteiger partial charge in [-0.2, -0.15) is 4.98 Å². The zero-order valence-electron chi connectivity index (χ0n) is 20.7. The average molecular weight is 539 g/mol. The molecule has 0 amide bonds. The lowest BCUT2D eigenvalue weighted by Gasteiger charge is -2.26. The third kappa shape index (κ3) is 6.06. The lowest BCUT2D eigenvalue weighted by Crippen LogP contribution is -2.41. The monoisotopic (exact) mass is 538 g/mol. The number of benzene rings is 1. The predicted octanol–water partition coefficient (Wildman–Crippen LogP) is 1.66. The van der Waals surface area contributed by atoms with Crippen LogP contribution in [0.2, 0.25) is 0 Å². The Bertz CT molecular complexity index is 1550. The summed E-state index contributed by atoms with van der Waals surface area (Å²) in [5, 5.41) is 4.06. The van der Waals surface area contributed by atoms with Crippen LogP contribution in [0, 0.1) is 0 Å². The number of rotatable bonds is 9. The van der Waals surface area contributed by atoms with Crippen molar-refractivity contribution in [3.63, 3.8) is 0 Å². The summed E-state index contributed by atoms with van der Waals surface area (Å²) in [4.78, 5) is 27.5. The van der Waals surface area contributed by atoms with Crippen LogP contribution in [0.1, 0.15) is 5.56 Å². The van der Waals surface area contributed by atoms with E-state index in [1.807, 2.05) is 29.2 Å². The second-order valence-corrected chi connectivity index (χ2v) is 11.0. The van der Waals surface area contributed by atoms with Crippen molar-refractivity contribution in [1.29, 1.82) is 0 Å². The molecule has 0 spiro atoms. The molecule has 1 saturated heterocycles. The lowest BCUT2D eigenvalue weighted by atomic mass is 10.2. The number of aromatic nitrogens is 5. The van der Waals surface area contributed by atoms with E-state index >= 15 is 0 Å². The van der Waals surface area contributed by atoms with E-state index < -0.39 is 9.84 Å². The summed E-state index contributed by atoms with van der Waals surface area (Å²) in [6, 6.07) is 10.6. The van der Waals surface area contributed by atoms with E-state index in [4.69, 9.17) is 14.0 Å². The zero-order valence-corrected chi connectivity index (χ0v) is 21.5. The number of ether oxygens (including phenoxy) is 2. The SMILES string of the molecule is COCCOc1cccc(Cn2cc(-c3noc(-c4cnc(N5CCS(=O)(=O)CC5)nc4)n3)ccc2=O)c1. The third-order valence-corrected chi connectivity index (χ3v) is 7.60. The molecule has 1 aromatic carbocycles. The summed E-state index contributed by atoms with van der Waals surface area (Å²) in [6.07, 6.45) is 4.80. The van der Waals surface area contributed by atoms with Gasteiger partial charge in [0.1, 0.15) is 12.4 Å². The van der Waals surface area contributed by atoms with Gasteiger partial charge in [-0.15, -0.1) is 0 Å². The van der Waals surface area contributed by atoms with Crippen LogP contribution in [0.3, 0.4) is 0 Å². The number of sulfone groups is 1. The minimum Gasteiger partial charge on any atom is -0.491 e. The Balaban J connectivity index is 1.30. The van der Waals surface area contributed by atoms with Crippen molar-refractivity contribution >= 4 is 15.8 Å². The van der Waals surface area contributed by atoms with E-state index in [-0.39, 0.29) is 23.0 Å². The molecule has 0 atom stereocenters. The molecule has 5 rings (SSSR count). The fourth-order valence-corrected chi connectivity index (χ4v) is 5.13. The summed E-state index contributed by atoms with van der Waals surface area (Å²) < 4.78 is 41.0. The number of anilines is 1. The molecule has 0 aliphatic carbocycles. The van der Waals surface area contributed by atoms with Crippen molar-refractivity contribution < 1.29 is 22.4 Å². The maximum atomic E-state index is 12.5. The topological polar surface area (TPSA) is 143 Å². The molecule has 38 heavy (non-hydrogen) atoms. The molecule has 3 aromatic heterocycles. The van der Waals surface area contributed by atoms with Gasteiger partial charge in [0.05, 0.1) is 30.2 Å². The van der Waals surface area contributed by atoms with Gasteiger partial charge in [-0.1, -0.05) is 17.3 Å². The highest BCUT2D eigenvalue weighted by Gasteiger charge is 2.23. The summed E-state index contributed by atoms with van der Waals surface area (Å²) in [5.41, 5.74) is 1.86. The van der Waals surface area contributed by atoms with Gasteiger partial charge >= 0.3 is 0 Å². The Kier molecular flexibility index (Phi) is 7.47. The first kappa shape index (κ1) is 25.5. The Morgan fingerprint density at radius 1 is 1.03 bits per heavy atom. The first-order valence-corrected chi connectivity index (χ1v) is 13.8. The molecule has 1 fully saturated rings. The number of nitrogens with zero attached hydrogens (tertiary/aromatic N) is 6. The van der Waals surface area contributed by atoms with Gasteiger partial charge in [0.2, 0.25) is 11.8 Å². The maximum Gasteiger partial charge on any atom is 0.261 e. The van der Waals surface area contributed by atoms with Crippen LogP contribution in [0.15, 0.2) is 64.3 Å². The molecule has 1 aliphatic rings. The third-order valence-electron chi connectivity index (χ3n) is 5.99. The van der Waals surface area contributed by atoms with E-state index in [2.05, 4.69) is 20.1 Å². The van der Waals surface area contributed by atoms with Crippen molar-refractivity contribution in [2.45, 2.75) is 6.54 Å². The van der Waals surface area contributed by atoms with Gasteiger partial charge in [-0.3, -0.25) is 4.79 Å². The average Bonchev–Trinajstić information content (AvgIpc) is 3.41. The van der Waals surface area contributed by atoms with Gasteiger partial charge in [0.15, 0.2) is 9.84 Å². The highest BCUT2D eigenvalue weighted by molar-refractivity contribution is 7.91. The van der Waals surface area contributed by atoms with Gasteiger partial charge in [-0.05, 0) is 23.8 Å². The zero-order chi connectivity index (χ0) is 26.5. The normalized spacial score (nSPS) is 14.9. The van der Waals surface area contributed by atoms with Crippen molar-refractivity contribution in [1.82, 2.24) is 24.7 Å². The first-order valence-electron chi connectivity index (χ1n) is 11.9. The van der Waals surface area contributed by atoms with Gasteiger partial charge in [-0.25, -0.2) is 18.4 Å². The van der Waals surface area contributed by atoms with Crippen LogP contribution in [-0.4, -0.2) is 78.0 Å². The second-order valence-electron chi connectivity index (χ2n) is 8.71. The van der Waals surface area contributed by atoms with Crippen LogP contribution in [0.4, 0.5) is 5.95 Å². The van der Waals surface area contributed by atoms with E-state index in [0.29, 0.717) is 61.5 Å². The summed E-state index contributed by atoms with van der Waals surface area (Å²) in [7, 11) is -1.38. The lowest BCUT2D eigenvalue weighted by molar-refractivity contribution is 0.146. The largest absolute Gasteiger partial charge is 0.491 e. The second kappa shape index (κ2) is 11.1. The van der Waals surface area contributed by atoms with Crippen LogP contribution >= 0.6 is 0 Å². The molecule has 0 bridgehead atoms. The van der Waals surface area contributed by atoms with Gasteiger partial charge in [0.25, 0.3) is 11.4 Å². The first-order chi connectivity index (χ1) is 18.4. The maximum absolute atomic E-state index is 12.5. The van der Waals surface area contributed by atoms with Crippen molar-refractivity contribution in [3.05, 3.63) is 70.9 Å². The molecular formula is C25H26N6O6S. The molecule has 12 nitrogen and oxygen atoms in total. The van der Waals surface area contributed by atoms with Crippen LogP contribution in [0.5, 0.6) is 5.75 Å². The Hall–Kier alpha value is -4.10. The standard InChI is InChI=1S/C25H26N6O6S/c1-35-9-10-36-21-4-2-3-18(13-21)16-31-17-19(5-6-22(31)32)23-28-24(37-29-23)20-14-26-25(27-15-20)30-7-11-38(33,34)12-8-30/h2-6,13-15,17H,7-12,16H2,1H3. The molecule has 0 unspecified atom stereocenters. The molecule has 0 saturated carbocycles. The minimum absolute atomic E-state index is 0.0842. The molecule has 0 radical (unpaired) electrons. The quantitative estimate of drug-likeness (QED) is 0.287. The smallest absolute Gasteiger partial charge is 0.261 e. The summed E-state index contributed by atoms with van der Waals surface area (Å²) >= 11 is 0. The molecule has 4 aromatic rings. The van der Waals surface area contributed by atoms with Crippen LogP contribution < -0.4 is 15.2 Å². The number of pyridine rings is 1. The van der Waals surface area contributed by atoms with E-state index in [9.17, 15) is 13.2 Å². The van der Waals surface area contributed by atoms with Crippen molar-refractivity contribution in [3.8, 4) is 28.6 Å². The number of hydrogen-bond acceptors (Lipinski definition) is 11. The van der Waals surface area contributed by atoms with Gasteiger partial charge < -0.3 is 23.5 Å². The Labute approximate surface area is 218 Å². The van der Waals surface area contributed by atoms with E-state index in [1.165, 1.54) is 6.07 Å². The van der Waals surface area contributed by atoms with E-state index in [0.717, 1.165) is 5.56 Å². The van der Waals surface area contributed by atoms with Gasteiger partial charge in [0, 0.05) is 50.4 Å². The highest BCUT2D eigenvalue weighted by Crippen LogP contribution is 2.22. The molecular weight excluding hydrogens is 512 g/mol. The minimum atomic E-state index is -2.99. The molecule has 4 heterocycles. The number of methoxy groups -OCH3 is 1. The van der Waals surface area contributed by atoms with E-state index in [1.54, 1.807) is 36.3 Å². The molecule has 198 valence electrons. The molecule has 1 aliphatic heterocycles. The predicted molar refractivity (Wildman–Crippen MR) is 139 cm³/mol. The Morgan fingerprint density at radius 2 is 1.82 bits per heavy atom. The fraction of sp³-hybridized carbons (Fsp3) is 0.320. The number of hydrogen-bond donors (Lipinski definition) is 0. The summed E-state index contributed by atoms with van der Waals surface area (Å²) in [6.45, 7) is 1.97. The molecule has 13 heteroatoms. The fourth-order valence-electron chi connectivity index (χ4n) is 3.93. The molecule has 0 N–H and O–H groups in total. The highest BCUT2D eigenvalue weighted by atomic mass is 32.2.